The summed E-state index contributed by atoms with van der Waals surface area (Å²) in [4.78, 5) is 12.0. The standard InChI is InChI=1S/C15H20ClNO2/c1-2-19-14-7-4-12(5-8-14)15(18)17-10-11-3-6-13(16)9-11/h4-5,7-8,11,13H,2-3,6,9-10H2,1H3,(H,17,18). The van der Waals surface area contributed by atoms with Crippen molar-refractivity contribution < 1.29 is 9.53 Å². The second-order valence-electron chi connectivity index (χ2n) is 4.94. The minimum atomic E-state index is -0.0268. The first-order valence-corrected chi connectivity index (χ1v) is 7.27. The molecule has 0 aliphatic heterocycles. The summed E-state index contributed by atoms with van der Waals surface area (Å²) < 4.78 is 5.35. The summed E-state index contributed by atoms with van der Waals surface area (Å²) >= 11 is 6.06. The molecule has 1 aromatic carbocycles. The zero-order valence-electron chi connectivity index (χ0n) is 11.2. The Labute approximate surface area is 119 Å². The van der Waals surface area contributed by atoms with Crippen molar-refractivity contribution in [2.24, 2.45) is 5.92 Å². The Hall–Kier alpha value is -1.22. The van der Waals surface area contributed by atoms with Gasteiger partial charge in [-0.25, -0.2) is 0 Å². The number of rotatable bonds is 5. The molecule has 1 aliphatic carbocycles. The highest BCUT2D eigenvalue weighted by Gasteiger charge is 2.23. The third-order valence-electron chi connectivity index (χ3n) is 3.46. The van der Waals surface area contributed by atoms with E-state index in [0.717, 1.165) is 31.6 Å². The van der Waals surface area contributed by atoms with Crippen molar-refractivity contribution in [3.8, 4) is 5.75 Å². The molecular formula is C15H20ClNO2. The van der Waals surface area contributed by atoms with Gasteiger partial charge in [0.2, 0.25) is 0 Å². The molecule has 3 nitrogen and oxygen atoms in total. The summed E-state index contributed by atoms with van der Waals surface area (Å²) in [5.41, 5.74) is 0.670. The maximum absolute atomic E-state index is 12.0. The van der Waals surface area contributed by atoms with Crippen molar-refractivity contribution in [2.45, 2.75) is 31.6 Å². The molecule has 1 fully saturated rings. The third kappa shape index (κ3) is 4.13. The van der Waals surface area contributed by atoms with Gasteiger partial charge in [0.15, 0.2) is 0 Å². The molecular weight excluding hydrogens is 262 g/mol. The molecule has 0 bridgehead atoms. The SMILES string of the molecule is CCOc1ccc(C(=O)NCC2CCC(Cl)C2)cc1. The van der Waals surface area contributed by atoms with Crippen LogP contribution in [0.15, 0.2) is 24.3 Å². The van der Waals surface area contributed by atoms with Crippen molar-refractivity contribution in [1.82, 2.24) is 5.32 Å². The van der Waals surface area contributed by atoms with Gasteiger partial charge in [0, 0.05) is 17.5 Å². The van der Waals surface area contributed by atoms with Crippen LogP contribution in [0.2, 0.25) is 0 Å². The highest BCUT2D eigenvalue weighted by atomic mass is 35.5. The zero-order valence-corrected chi connectivity index (χ0v) is 12.0. The van der Waals surface area contributed by atoms with Crippen molar-refractivity contribution in [2.75, 3.05) is 13.2 Å². The quantitative estimate of drug-likeness (QED) is 0.842. The summed E-state index contributed by atoms with van der Waals surface area (Å²) in [5.74, 6) is 1.29. The number of nitrogens with one attached hydrogen (secondary N) is 1. The Morgan fingerprint density at radius 2 is 2.11 bits per heavy atom. The fraction of sp³-hybridized carbons (Fsp3) is 0.533. The second-order valence-corrected chi connectivity index (χ2v) is 5.56. The van der Waals surface area contributed by atoms with Crippen LogP contribution >= 0.6 is 11.6 Å². The molecule has 1 aliphatic rings. The molecule has 0 saturated heterocycles. The third-order valence-corrected chi connectivity index (χ3v) is 3.85. The first-order valence-electron chi connectivity index (χ1n) is 6.84. The number of benzene rings is 1. The van der Waals surface area contributed by atoms with E-state index in [2.05, 4.69) is 5.32 Å². The molecule has 2 rings (SSSR count). The Balaban J connectivity index is 1.82. The number of carbonyl (C=O) groups is 1. The fourth-order valence-electron chi connectivity index (χ4n) is 2.41. The smallest absolute Gasteiger partial charge is 0.251 e. The number of ether oxygens (including phenoxy) is 1. The van der Waals surface area contributed by atoms with E-state index in [1.807, 2.05) is 19.1 Å². The predicted molar refractivity (Wildman–Crippen MR) is 76.9 cm³/mol. The lowest BCUT2D eigenvalue weighted by Gasteiger charge is -2.11. The molecule has 0 radical (unpaired) electrons. The van der Waals surface area contributed by atoms with Crippen LogP contribution in [0.1, 0.15) is 36.5 Å². The van der Waals surface area contributed by atoms with Gasteiger partial charge >= 0.3 is 0 Å². The average molecular weight is 282 g/mol. The number of halogens is 1. The normalized spacial score (nSPS) is 22.2. The van der Waals surface area contributed by atoms with Gasteiger partial charge < -0.3 is 10.1 Å². The van der Waals surface area contributed by atoms with Gasteiger partial charge in [-0.15, -0.1) is 11.6 Å². The van der Waals surface area contributed by atoms with E-state index in [4.69, 9.17) is 16.3 Å². The van der Waals surface area contributed by atoms with Crippen LogP contribution < -0.4 is 10.1 Å². The van der Waals surface area contributed by atoms with E-state index < -0.39 is 0 Å². The lowest BCUT2D eigenvalue weighted by atomic mass is 10.1. The molecule has 0 heterocycles. The topological polar surface area (TPSA) is 38.3 Å². The summed E-state index contributed by atoms with van der Waals surface area (Å²) in [6.45, 7) is 3.29. The highest BCUT2D eigenvalue weighted by molar-refractivity contribution is 6.20. The van der Waals surface area contributed by atoms with Crippen LogP contribution in [0, 0.1) is 5.92 Å². The van der Waals surface area contributed by atoms with E-state index in [-0.39, 0.29) is 11.3 Å². The Kier molecular flexibility index (Phi) is 5.08. The van der Waals surface area contributed by atoms with Crippen LogP contribution in [-0.2, 0) is 0 Å². The average Bonchev–Trinajstić information content (AvgIpc) is 2.83. The lowest BCUT2D eigenvalue weighted by molar-refractivity contribution is 0.0947. The number of hydrogen-bond donors (Lipinski definition) is 1. The van der Waals surface area contributed by atoms with Crippen molar-refractivity contribution in [3.63, 3.8) is 0 Å². The van der Waals surface area contributed by atoms with E-state index in [9.17, 15) is 4.79 Å². The van der Waals surface area contributed by atoms with Crippen molar-refractivity contribution >= 4 is 17.5 Å². The number of alkyl halides is 1. The van der Waals surface area contributed by atoms with Crippen LogP contribution in [0.4, 0.5) is 0 Å². The van der Waals surface area contributed by atoms with Gasteiger partial charge in [0.1, 0.15) is 5.75 Å². The highest BCUT2D eigenvalue weighted by Crippen LogP contribution is 2.28. The lowest BCUT2D eigenvalue weighted by Crippen LogP contribution is -2.28. The number of amides is 1. The monoisotopic (exact) mass is 281 g/mol. The van der Waals surface area contributed by atoms with E-state index in [1.54, 1.807) is 12.1 Å². The Morgan fingerprint density at radius 1 is 1.37 bits per heavy atom. The van der Waals surface area contributed by atoms with Crippen LogP contribution in [0.25, 0.3) is 0 Å². The van der Waals surface area contributed by atoms with Crippen LogP contribution in [-0.4, -0.2) is 24.4 Å². The fourth-order valence-corrected chi connectivity index (χ4v) is 2.79. The second kappa shape index (κ2) is 6.80. The molecule has 0 spiro atoms. The number of hydrogen-bond acceptors (Lipinski definition) is 2. The minimum Gasteiger partial charge on any atom is -0.494 e. The van der Waals surface area contributed by atoms with Crippen molar-refractivity contribution in [3.05, 3.63) is 29.8 Å². The Morgan fingerprint density at radius 3 is 2.68 bits per heavy atom. The molecule has 104 valence electrons. The molecule has 1 aromatic rings. The molecule has 0 aromatic heterocycles. The number of carbonyl (C=O) groups excluding carboxylic acids is 1. The summed E-state index contributed by atoms with van der Waals surface area (Å²) in [5, 5.41) is 3.26. The first-order chi connectivity index (χ1) is 9.19. The minimum absolute atomic E-state index is 0.0268. The van der Waals surface area contributed by atoms with Gasteiger partial charge in [-0.05, 0) is 56.4 Å². The van der Waals surface area contributed by atoms with Crippen molar-refractivity contribution in [1.29, 1.82) is 0 Å². The first kappa shape index (κ1) is 14.2. The maximum atomic E-state index is 12.0. The molecule has 1 amide bonds. The van der Waals surface area contributed by atoms with Gasteiger partial charge in [-0.1, -0.05) is 0 Å². The Bertz CT molecular complexity index is 419. The van der Waals surface area contributed by atoms with Gasteiger partial charge in [0.25, 0.3) is 5.91 Å². The van der Waals surface area contributed by atoms with Gasteiger partial charge in [-0.2, -0.15) is 0 Å². The van der Waals surface area contributed by atoms with E-state index >= 15 is 0 Å². The maximum Gasteiger partial charge on any atom is 0.251 e. The summed E-state index contributed by atoms with van der Waals surface area (Å²) in [6, 6.07) is 7.23. The molecule has 2 unspecified atom stereocenters. The van der Waals surface area contributed by atoms with E-state index in [0.29, 0.717) is 18.1 Å². The predicted octanol–water partition coefficient (Wildman–Crippen LogP) is 3.22. The van der Waals surface area contributed by atoms with Crippen LogP contribution in [0.5, 0.6) is 5.75 Å². The summed E-state index contributed by atoms with van der Waals surface area (Å²) in [7, 11) is 0. The molecule has 19 heavy (non-hydrogen) atoms. The van der Waals surface area contributed by atoms with E-state index in [1.165, 1.54) is 0 Å². The largest absolute Gasteiger partial charge is 0.494 e. The molecule has 1 N–H and O–H groups in total. The summed E-state index contributed by atoms with van der Waals surface area (Å²) in [6.07, 6.45) is 3.17. The molecule has 4 heteroatoms. The molecule has 2 atom stereocenters. The molecule has 1 saturated carbocycles. The van der Waals surface area contributed by atoms with Gasteiger partial charge in [-0.3, -0.25) is 4.79 Å². The van der Waals surface area contributed by atoms with Gasteiger partial charge in [0.05, 0.1) is 6.61 Å². The van der Waals surface area contributed by atoms with Crippen LogP contribution in [0.3, 0.4) is 0 Å². The zero-order chi connectivity index (χ0) is 13.7.